The Labute approximate surface area is 57.6 Å². The van der Waals surface area contributed by atoms with Crippen LogP contribution in [0.2, 0.25) is 0 Å². The van der Waals surface area contributed by atoms with Crippen molar-refractivity contribution in [1.82, 2.24) is 9.97 Å². The van der Waals surface area contributed by atoms with Gasteiger partial charge in [-0.3, -0.25) is 9.97 Å². The number of oxime groups is 1. The van der Waals surface area contributed by atoms with Crippen LogP contribution in [0.4, 0.5) is 0 Å². The topological polar surface area (TPSA) is 47.4 Å². The van der Waals surface area contributed by atoms with Gasteiger partial charge in [-0.1, -0.05) is 5.16 Å². The maximum absolute atomic E-state index is 4.76. The highest BCUT2D eigenvalue weighted by atomic mass is 16.6. The third-order valence-electron chi connectivity index (χ3n) is 1.26. The summed E-state index contributed by atoms with van der Waals surface area (Å²) in [5.74, 6) is 0. The second-order valence-electron chi connectivity index (χ2n) is 1.90. The Morgan fingerprint density at radius 2 is 2.20 bits per heavy atom. The summed E-state index contributed by atoms with van der Waals surface area (Å²) in [6, 6.07) is 0. The van der Waals surface area contributed by atoms with Crippen molar-refractivity contribution in [2.24, 2.45) is 5.16 Å². The molecule has 0 atom stereocenters. The summed E-state index contributed by atoms with van der Waals surface area (Å²) < 4.78 is 0. The van der Waals surface area contributed by atoms with Crippen molar-refractivity contribution in [2.75, 3.05) is 0 Å². The summed E-state index contributed by atoms with van der Waals surface area (Å²) >= 11 is 0. The first kappa shape index (κ1) is 5.34. The van der Waals surface area contributed by atoms with Crippen LogP contribution >= 0.6 is 0 Å². The molecule has 0 aromatic carbocycles. The monoisotopic (exact) mass is 135 g/mol. The lowest BCUT2D eigenvalue weighted by Crippen LogP contribution is -2.05. The lowest BCUT2D eigenvalue weighted by atomic mass is 10.3. The van der Waals surface area contributed by atoms with E-state index in [1.807, 2.05) is 0 Å². The van der Waals surface area contributed by atoms with Crippen LogP contribution in [-0.2, 0) is 11.4 Å². The quantitative estimate of drug-likeness (QED) is 0.515. The minimum absolute atomic E-state index is 0.430. The van der Waals surface area contributed by atoms with E-state index >= 15 is 0 Å². The molecular weight excluding hydrogens is 130 g/mol. The van der Waals surface area contributed by atoms with Gasteiger partial charge in [-0.2, -0.15) is 0 Å². The molecule has 2 rings (SSSR count). The van der Waals surface area contributed by atoms with Crippen molar-refractivity contribution in [1.29, 1.82) is 0 Å². The smallest absolute Gasteiger partial charge is 0.161 e. The molecule has 0 aliphatic carbocycles. The molecule has 2 heterocycles. The average molecular weight is 135 g/mol. The van der Waals surface area contributed by atoms with Crippen LogP contribution in [-0.4, -0.2) is 16.2 Å². The second kappa shape index (κ2) is 2.06. The van der Waals surface area contributed by atoms with Crippen molar-refractivity contribution in [2.45, 2.75) is 6.61 Å². The molecule has 1 aliphatic heterocycles. The highest BCUT2D eigenvalue weighted by molar-refractivity contribution is 5.78. The summed E-state index contributed by atoms with van der Waals surface area (Å²) in [7, 11) is 0. The molecule has 0 spiro atoms. The highest BCUT2D eigenvalue weighted by Gasteiger charge is 2.06. The zero-order chi connectivity index (χ0) is 6.81. The number of aromatic nitrogens is 2. The summed E-state index contributed by atoms with van der Waals surface area (Å²) in [6.07, 6.45) is 4.84. The van der Waals surface area contributed by atoms with Gasteiger partial charge in [-0.05, 0) is 0 Å². The largest absolute Gasteiger partial charge is 0.389 e. The first-order valence-electron chi connectivity index (χ1n) is 2.92. The average Bonchev–Trinajstić information content (AvgIpc) is 2.05. The third-order valence-corrected chi connectivity index (χ3v) is 1.26. The van der Waals surface area contributed by atoms with Crippen LogP contribution in [0, 0.1) is 0 Å². The standard InChI is InChI=1S/C6H5N3O/c1-2-8-6-4-10-9-3-5(6)7-1/h1-3H,4H2. The molecule has 10 heavy (non-hydrogen) atoms. The minimum atomic E-state index is 0.430. The summed E-state index contributed by atoms with van der Waals surface area (Å²) in [5, 5.41) is 3.59. The molecule has 0 saturated heterocycles. The van der Waals surface area contributed by atoms with E-state index in [0.717, 1.165) is 11.4 Å². The van der Waals surface area contributed by atoms with E-state index in [1.54, 1.807) is 18.6 Å². The van der Waals surface area contributed by atoms with E-state index in [0.29, 0.717) is 6.61 Å². The predicted octanol–water partition coefficient (Wildman–Crippen LogP) is 0.341. The van der Waals surface area contributed by atoms with E-state index in [9.17, 15) is 0 Å². The maximum Gasteiger partial charge on any atom is 0.161 e. The predicted molar refractivity (Wildman–Crippen MR) is 34.4 cm³/mol. The Kier molecular flexibility index (Phi) is 1.10. The molecule has 1 aliphatic rings. The molecule has 0 unspecified atom stereocenters. The summed E-state index contributed by atoms with van der Waals surface area (Å²) in [5.41, 5.74) is 1.64. The molecule has 50 valence electrons. The van der Waals surface area contributed by atoms with Crippen molar-refractivity contribution in [3.05, 3.63) is 23.8 Å². The van der Waals surface area contributed by atoms with Gasteiger partial charge in [0.2, 0.25) is 0 Å². The zero-order valence-corrected chi connectivity index (χ0v) is 5.19. The van der Waals surface area contributed by atoms with E-state index in [4.69, 9.17) is 4.84 Å². The summed E-state index contributed by atoms with van der Waals surface area (Å²) in [6.45, 7) is 0.430. The fraction of sp³-hybridized carbons (Fsp3) is 0.167. The Hall–Kier alpha value is -1.45. The molecule has 0 saturated carbocycles. The van der Waals surface area contributed by atoms with Crippen LogP contribution in [0.5, 0.6) is 0 Å². The van der Waals surface area contributed by atoms with Gasteiger partial charge in [0.15, 0.2) is 6.61 Å². The number of hydrogen-bond donors (Lipinski definition) is 0. The Morgan fingerprint density at radius 1 is 1.30 bits per heavy atom. The van der Waals surface area contributed by atoms with Crippen LogP contribution in [0.15, 0.2) is 17.5 Å². The first-order valence-corrected chi connectivity index (χ1v) is 2.92. The molecule has 1 aromatic heterocycles. The molecule has 4 nitrogen and oxygen atoms in total. The van der Waals surface area contributed by atoms with E-state index in [2.05, 4.69) is 15.1 Å². The highest BCUT2D eigenvalue weighted by Crippen LogP contribution is 2.05. The van der Waals surface area contributed by atoms with Gasteiger partial charge in [0, 0.05) is 12.4 Å². The summed E-state index contributed by atoms with van der Waals surface area (Å²) in [4.78, 5) is 12.8. The first-order chi connectivity index (χ1) is 4.97. The van der Waals surface area contributed by atoms with Gasteiger partial charge >= 0.3 is 0 Å². The van der Waals surface area contributed by atoms with Crippen molar-refractivity contribution in [3.63, 3.8) is 0 Å². The molecule has 0 radical (unpaired) electrons. The van der Waals surface area contributed by atoms with Crippen LogP contribution in [0.3, 0.4) is 0 Å². The van der Waals surface area contributed by atoms with Gasteiger partial charge in [0.25, 0.3) is 0 Å². The van der Waals surface area contributed by atoms with E-state index < -0.39 is 0 Å². The third kappa shape index (κ3) is 0.737. The van der Waals surface area contributed by atoms with Crippen molar-refractivity contribution >= 4 is 6.21 Å². The van der Waals surface area contributed by atoms with Gasteiger partial charge in [0.1, 0.15) is 11.4 Å². The number of rotatable bonds is 0. The molecular formula is C6H5N3O. The van der Waals surface area contributed by atoms with Gasteiger partial charge < -0.3 is 4.84 Å². The van der Waals surface area contributed by atoms with E-state index in [-0.39, 0.29) is 0 Å². The molecule has 0 bridgehead atoms. The van der Waals surface area contributed by atoms with Crippen LogP contribution < -0.4 is 0 Å². The Bertz CT molecular complexity index is 271. The van der Waals surface area contributed by atoms with Gasteiger partial charge in [0.05, 0.1) is 6.21 Å². The van der Waals surface area contributed by atoms with Gasteiger partial charge in [-0.15, -0.1) is 0 Å². The van der Waals surface area contributed by atoms with Crippen LogP contribution in [0.1, 0.15) is 11.4 Å². The molecule has 0 N–H and O–H groups in total. The molecule has 1 aromatic rings. The lowest BCUT2D eigenvalue weighted by molar-refractivity contribution is 0.124. The normalized spacial score (nSPS) is 14.0. The molecule has 0 amide bonds. The lowest BCUT2D eigenvalue weighted by Gasteiger charge is -2.05. The second-order valence-corrected chi connectivity index (χ2v) is 1.90. The van der Waals surface area contributed by atoms with E-state index in [1.165, 1.54) is 0 Å². The molecule has 0 fully saturated rings. The van der Waals surface area contributed by atoms with Crippen molar-refractivity contribution < 1.29 is 4.84 Å². The molecule has 4 heteroatoms. The zero-order valence-electron chi connectivity index (χ0n) is 5.19. The fourth-order valence-corrected chi connectivity index (χ4v) is 0.782. The van der Waals surface area contributed by atoms with Crippen LogP contribution in [0.25, 0.3) is 0 Å². The number of nitrogens with zero attached hydrogens (tertiary/aromatic N) is 3. The SMILES string of the molecule is C1=NOCc2nccnc21. The maximum atomic E-state index is 4.76. The fourth-order valence-electron chi connectivity index (χ4n) is 0.782. The van der Waals surface area contributed by atoms with Gasteiger partial charge in [-0.25, -0.2) is 0 Å². The Morgan fingerprint density at radius 3 is 3.10 bits per heavy atom. The number of hydrogen-bond acceptors (Lipinski definition) is 4. The number of fused-ring (bicyclic) bond motifs is 1. The Balaban J connectivity index is 2.54. The van der Waals surface area contributed by atoms with Crippen molar-refractivity contribution in [3.8, 4) is 0 Å². The minimum Gasteiger partial charge on any atom is -0.389 e.